The van der Waals surface area contributed by atoms with Gasteiger partial charge in [-0.05, 0) is 19.3 Å². The van der Waals surface area contributed by atoms with Crippen LogP contribution < -0.4 is 0 Å². The summed E-state index contributed by atoms with van der Waals surface area (Å²) < 4.78 is 2.11. The molecule has 0 aliphatic rings. The van der Waals surface area contributed by atoms with Crippen LogP contribution in [0.1, 0.15) is 27.2 Å². The summed E-state index contributed by atoms with van der Waals surface area (Å²) in [6, 6.07) is 0. The highest BCUT2D eigenvalue weighted by molar-refractivity contribution is 5.01. The van der Waals surface area contributed by atoms with Crippen LogP contribution in [0.5, 0.6) is 0 Å². The third-order valence-electron chi connectivity index (χ3n) is 2.02. The molecule has 0 bridgehead atoms. The van der Waals surface area contributed by atoms with E-state index in [4.69, 9.17) is 0 Å². The van der Waals surface area contributed by atoms with Gasteiger partial charge in [0, 0.05) is 18.9 Å². The number of hydrogen-bond acceptors (Lipinski definition) is 1. The summed E-state index contributed by atoms with van der Waals surface area (Å²) in [7, 11) is 0. The lowest BCUT2D eigenvalue weighted by Gasteiger charge is -2.10. The summed E-state index contributed by atoms with van der Waals surface area (Å²) in [6.07, 6.45) is 9.07. The minimum Gasteiger partial charge on any atom is -0.333 e. The topological polar surface area (TPSA) is 17.8 Å². The van der Waals surface area contributed by atoms with Crippen molar-refractivity contribution in [3.63, 3.8) is 0 Å². The van der Waals surface area contributed by atoms with Gasteiger partial charge in [-0.15, -0.1) is 0 Å². The van der Waals surface area contributed by atoms with E-state index in [0.29, 0.717) is 0 Å². The molecule has 0 spiro atoms. The van der Waals surface area contributed by atoms with Gasteiger partial charge >= 0.3 is 0 Å². The number of hydrogen-bond donors (Lipinski definition) is 0. The number of rotatable bonds is 4. The Morgan fingerprint density at radius 2 is 2.31 bits per heavy atom. The molecule has 0 fully saturated rings. The summed E-state index contributed by atoms with van der Waals surface area (Å²) in [5, 5.41) is 0. The van der Waals surface area contributed by atoms with Crippen molar-refractivity contribution in [1.82, 2.24) is 9.55 Å². The maximum Gasteiger partial charge on any atom is 0.0948 e. The van der Waals surface area contributed by atoms with Gasteiger partial charge in [0.25, 0.3) is 0 Å². The molecular weight excluding hydrogens is 160 g/mol. The molecule has 0 atom stereocenters. The molecule has 13 heavy (non-hydrogen) atoms. The number of imidazole rings is 1. The van der Waals surface area contributed by atoms with Crippen molar-refractivity contribution in [3.05, 3.63) is 30.4 Å². The van der Waals surface area contributed by atoms with Crippen molar-refractivity contribution in [2.24, 2.45) is 5.92 Å². The SMILES string of the molecule is C/C=C(\CC(C)C)Cn1ccnc1. The summed E-state index contributed by atoms with van der Waals surface area (Å²) in [6.45, 7) is 7.58. The van der Waals surface area contributed by atoms with Crippen LogP contribution in [0.2, 0.25) is 0 Å². The van der Waals surface area contributed by atoms with E-state index in [1.807, 2.05) is 18.7 Å². The summed E-state index contributed by atoms with van der Waals surface area (Å²) >= 11 is 0. The molecule has 0 saturated heterocycles. The van der Waals surface area contributed by atoms with Gasteiger partial charge < -0.3 is 4.57 Å². The molecule has 72 valence electrons. The molecule has 0 saturated carbocycles. The first-order valence-electron chi connectivity index (χ1n) is 4.82. The maximum absolute atomic E-state index is 4.02. The molecule has 2 heteroatoms. The van der Waals surface area contributed by atoms with Gasteiger partial charge in [-0.3, -0.25) is 0 Å². The molecule has 1 rings (SSSR count). The second-order valence-electron chi connectivity index (χ2n) is 3.78. The van der Waals surface area contributed by atoms with Crippen molar-refractivity contribution in [2.45, 2.75) is 33.7 Å². The molecule has 0 aromatic carbocycles. The van der Waals surface area contributed by atoms with E-state index in [9.17, 15) is 0 Å². The molecule has 0 unspecified atom stereocenters. The molecule has 0 aliphatic carbocycles. The van der Waals surface area contributed by atoms with Gasteiger partial charge in [-0.1, -0.05) is 25.5 Å². The minimum atomic E-state index is 0.731. The molecule has 1 aromatic rings. The van der Waals surface area contributed by atoms with Gasteiger partial charge in [0.15, 0.2) is 0 Å². The highest BCUT2D eigenvalue weighted by Gasteiger charge is 2.00. The quantitative estimate of drug-likeness (QED) is 0.648. The van der Waals surface area contributed by atoms with E-state index in [2.05, 4.69) is 36.4 Å². The zero-order valence-corrected chi connectivity index (χ0v) is 8.70. The van der Waals surface area contributed by atoms with Gasteiger partial charge in [0.2, 0.25) is 0 Å². The van der Waals surface area contributed by atoms with E-state index in [-0.39, 0.29) is 0 Å². The van der Waals surface area contributed by atoms with Crippen molar-refractivity contribution >= 4 is 0 Å². The van der Waals surface area contributed by atoms with Crippen LogP contribution in [-0.4, -0.2) is 9.55 Å². The molecule has 0 aliphatic heterocycles. The van der Waals surface area contributed by atoms with E-state index in [0.717, 1.165) is 12.5 Å². The molecular formula is C11H18N2. The molecule has 1 heterocycles. The predicted molar refractivity (Wildman–Crippen MR) is 55.4 cm³/mol. The average Bonchev–Trinajstić information content (AvgIpc) is 2.55. The van der Waals surface area contributed by atoms with Gasteiger partial charge in [0.05, 0.1) is 6.33 Å². The Labute approximate surface area is 80.3 Å². The highest BCUT2D eigenvalue weighted by atomic mass is 15.0. The fourth-order valence-corrected chi connectivity index (χ4v) is 1.41. The lowest BCUT2D eigenvalue weighted by Crippen LogP contribution is -2.01. The van der Waals surface area contributed by atoms with Crippen molar-refractivity contribution in [3.8, 4) is 0 Å². The van der Waals surface area contributed by atoms with Crippen LogP contribution in [0.15, 0.2) is 30.4 Å². The van der Waals surface area contributed by atoms with E-state index < -0.39 is 0 Å². The Kier molecular flexibility index (Phi) is 3.74. The summed E-state index contributed by atoms with van der Waals surface area (Å²) in [4.78, 5) is 4.02. The van der Waals surface area contributed by atoms with Gasteiger partial charge in [-0.2, -0.15) is 0 Å². The number of nitrogens with zero attached hydrogens (tertiary/aromatic N) is 2. The Balaban J connectivity index is 2.51. The van der Waals surface area contributed by atoms with Crippen LogP contribution in [0.3, 0.4) is 0 Å². The Hall–Kier alpha value is -1.05. The molecule has 2 nitrogen and oxygen atoms in total. The zero-order valence-electron chi connectivity index (χ0n) is 8.70. The third-order valence-corrected chi connectivity index (χ3v) is 2.02. The van der Waals surface area contributed by atoms with E-state index in [1.54, 1.807) is 0 Å². The maximum atomic E-state index is 4.02. The minimum absolute atomic E-state index is 0.731. The van der Waals surface area contributed by atoms with Crippen LogP contribution in [0.25, 0.3) is 0 Å². The van der Waals surface area contributed by atoms with E-state index in [1.165, 1.54) is 12.0 Å². The lowest BCUT2D eigenvalue weighted by atomic mass is 10.0. The first-order chi connectivity index (χ1) is 6.22. The fraction of sp³-hybridized carbons (Fsp3) is 0.545. The van der Waals surface area contributed by atoms with Crippen molar-refractivity contribution in [2.75, 3.05) is 0 Å². The van der Waals surface area contributed by atoms with Gasteiger partial charge in [0.1, 0.15) is 0 Å². The first-order valence-corrected chi connectivity index (χ1v) is 4.82. The third kappa shape index (κ3) is 3.45. The Morgan fingerprint density at radius 3 is 2.77 bits per heavy atom. The second kappa shape index (κ2) is 4.85. The highest BCUT2D eigenvalue weighted by Crippen LogP contribution is 2.12. The summed E-state index contributed by atoms with van der Waals surface area (Å²) in [5.41, 5.74) is 1.48. The molecule has 0 N–H and O–H groups in total. The Bertz CT molecular complexity index is 258. The smallest absolute Gasteiger partial charge is 0.0948 e. The largest absolute Gasteiger partial charge is 0.333 e. The van der Waals surface area contributed by atoms with Gasteiger partial charge in [-0.25, -0.2) is 4.98 Å². The van der Waals surface area contributed by atoms with E-state index >= 15 is 0 Å². The zero-order chi connectivity index (χ0) is 9.68. The van der Waals surface area contributed by atoms with Crippen LogP contribution in [0, 0.1) is 5.92 Å². The molecule has 1 aromatic heterocycles. The van der Waals surface area contributed by atoms with Crippen LogP contribution >= 0.6 is 0 Å². The average molecular weight is 178 g/mol. The standard InChI is InChI=1S/C11H18N2/c1-4-11(7-10(2)3)8-13-6-5-12-9-13/h4-6,9-10H,7-8H2,1-3H3/b11-4+. The van der Waals surface area contributed by atoms with Crippen molar-refractivity contribution in [1.29, 1.82) is 0 Å². The normalized spacial score (nSPS) is 12.5. The second-order valence-corrected chi connectivity index (χ2v) is 3.78. The fourth-order valence-electron chi connectivity index (χ4n) is 1.41. The molecule has 0 radical (unpaired) electrons. The summed E-state index contributed by atoms with van der Waals surface area (Å²) in [5.74, 6) is 0.731. The lowest BCUT2D eigenvalue weighted by molar-refractivity contribution is 0.605. The number of allylic oxidation sites excluding steroid dienone is 2. The first kappa shape index (κ1) is 10.0. The van der Waals surface area contributed by atoms with Crippen molar-refractivity contribution < 1.29 is 0 Å². The van der Waals surface area contributed by atoms with Crippen LogP contribution in [-0.2, 0) is 6.54 Å². The molecule has 0 amide bonds. The predicted octanol–water partition coefficient (Wildman–Crippen LogP) is 2.88. The monoisotopic (exact) mass is 178 g/mol. The number of aromatic nitrogens is 2. The van der Waals surface area contributed by atoms with Crippen LogP contribution in [0.4, 0.5) is 0 Å². The Morgan fingerprint density at radius 1 is 1.54 bits per heavy atom.